The van der Waals surface area contributed by atoms with Gasteiger partial charge in [-0.3, -0.25) is 4.99 Å². The van der Waals surface area contributed by atoms with Crippen LogP contribution in [0.3, 0.4) is 0 Å². The Hall–Kier alpha value is -1.76. The van der Waals surface area contributed by atoms with Crippen LogP contribution in [0.5, 0.6) is 11.5 Å². The number of hydrogen-bond donors (Lipinski definition) is 2. The molecule has 30 heavy (non-hydrogen) atoms. The van der Waals surface area contributed by atoms with Gasteiger partial charge in [0.15, 0.2) is 23.2 Å². The molecule has 0 saturated heterocycles. The van der Waals surface area contributed by atoms with Crippen molar-refractivity contribution < 1.29 is 22.6 Å². The second-order valence-electron chi connectivity index (χ2n) is 5.87. The van der Waals surface area contributed by atoms with Crippen LogP contribution in [0.4, 0.5) is 13.2 Å². The third-order valence-corrected chi connectivity index (χ3v) is 4.64. The average molecular weight is 558 g/mol. The standard InChI is InChI=1S/C19H25F3N4O2S.HI/c1-4-27-14-7-6-13(10-15(14)28-5-2)8-9-24-18(23-3)25-11-17-26-16(12-29-17)19(20,21)22;/h6-7,10,12H,4-5,8-9,11H2,1-3H3,(H2,23,24,25);1H. The van der Waals surface area contributed by atoms with Gasteiger partial charge in [0.05, 0.1) is 19.8 Å². The van der Waals surface area contributed by atoms with Crippen LogP contribution in [0.1, 0.15) is 30.1 Å². The monoisotopic (exact) mass is 558 g/mol. The van der Waals surface area contributed by atoms with E-state index in [1.54, 1.807) is 7.05 Å². The number of hydrogen-bond acceptors (Lipinski definition) is 5. The van der Waals surface area contributed by atoms with E-state index in [2.05, 4.69) is 20.6 Å². The van der Waals surface area contributed by atoms with E-state index in [-0.39, 0.29) is 30.5 Å². The van der Waals surface area contributed by atoms with Crippen molar-refractivity contribution in [2.24, 2.45) is 4.99 Å². The van der Waals surface area contributed by atoms with E-state index in [1.165, 1.54) is 0 Å². The number of aliphatic imine (C=N–C) groups is 1. The van der Waals surface area contributed by atoms with Crippen molar-refractivity contribution in [3.8, 4) is 11.5 Å². The van der Waals surface area contributed by atoms with E-state index in [9.17, 15) is 13.2 Å². The van der Waals surface area contributed by atoms with E-state index < -0.39 is 11.9 Å². The molecule has 1 aromatic heterocycles. The zero-order valence-corrected chi connectivity index (χ0v) is 20.2. The third-order valence-electron chi connectivity index (χ3n) is 3.79. The Kier molecular flexibility index (Phi) is 11.2. The Balaban J connectivity index is 0.00000450. The van der Waals surface area contributed by atoms with E-state index in [0.717, 1.165) is 22.3 Å². The summed E-state index contributed by atoms with van der Waals surface area (Å²) >= 11 is 0.959. The minimum Gasteiger partial charge on any atom is -0.490 e. The molecule has 1 aromatic carbocycles. The predicted molar refractivity (Wildman–Crippen MR) is 123 cm³/mol. The first-order chi connectivity index (χ1) is 13.9. The average Bonchev–Trinajstić information content (AvgIpc) is 3.16. The molecule has 0 fully saturated rings. The Morgan fingerprint density at radius 2 is 1.83 bits per heavy atom. The van der Waals surface area contributed by atoms with Crippen molar-refractivity contribution in [1.29, 1.82) is 0 Å². The van der Waals surface area contributed by atoms with Gasteiger partial charge in [0, 0.05) is 19.0 Å². The zero-order valence-electron chi connectivity index (χ0n) is 17.0. The second-order valence-corrected chi connectivity index (χ2v) is 6.82. The summed E-state index contributed by atoms with van der Waals surface area (Å²) in [5.41, 5.74) is 0.192. The minimum atomic E-state index is -4.42. The minimum absolute atomic E-state index is 0. The van der Waals surface area contributed by atoms with E-state index >= 15 is 0 Å². The normalized spacial score (nSPS) is 11.6. The van der Waals surface area contributed by atoms with Gasteiger partial charge in [0.2, 0.25) is 0 Å². The SMILES string of the molecule is CCOc1ccc(CCNC(=NC)NCc2nc(C(F)(F)F)cs2)cc1OCC.I. The second kappa shape index (κ2) is 12.8. The van der Waals surface area contributed by atoms with E-state index in [4.69, 9.17) is 9.47 Å². The molecule has 2 N–H and O–H groups in total. The first-order valence-corrected chi connectivity index (χ1v) is 10.1. The zero-order chi connectivity index (χ0) is 21.3. The molecular weight excluding hydrogens is 532 g/mol. The number of nitrogens with zero attached hydrogens (tertiary/aromatic N) is 2. The van der Waals surface area contributed by atoms with Crippen molar-refractivity contribution >= 4 is 41.3 Å². The van der Waals surface area contributed by atoms with Crippen LogP contribution in [0.15, 0.2) is 28.6 Å². The summed E-state index contributed by atoms with van der Waals surface area (Å²) in [6.07, 6.45) is -3.71. The number of aromatic nitrogens is 1. The molecule has 0 spiro atoms. The molecule has 0 radical (unpaired) electrons. The van der Waals surface area contributed by atoms with Crippen LogP contribution in [0, 0.1) is 0 Å². The summed E-state index contributed by atoms with van der Waals surface area (Å²) in [6.45, 7) is 5.70. The maximum absolute atomic E-state index is 12.6. The van der Waals surface area contributed by atoms with Crippen LogP contribution in [0.25, 0.3) is 0 Å². The lowest BCUT2D eigenvalue weighted by atomic mass is 10.1. The Labute approximate surface area is 195 Å². The molecule has 0 aliphatic heterocycles. The first-order valence-electron chi connectivity index (χ1n) is 9.22. The Morgan fingerprint density at radius 3 is 2.43 bits per heavy atom. The number of guanidine groups is 1. The van der Waals surface area contributed by atoms with Gasteiger partial charge in [-0.1, -0.05) is 6.07 Å². The van der Waals surface area contributed by atoms with Crippen molar-refractivity contribution in [2.45, 2.75) is 33.0 Å². The molecule has 0 unspecified atom stereocenters. The van der Waals surface area contributed by atoms with Gasteiger partial charge in [0.1, 0.15) is 5.01 Å². The molecule has 1 heterocycles. The lowest BCUT2D eigenvalue weighted by molar-refractivity contribution is -0.140. The molecule has 0 amide bonds. The van der Waals surface area contributed by atoms with Crippen LogP contribution in [0.2, 0.25) is 0 Å². The number of benzene rings is 1. The number of alkyl halides is 3. The van der Waals surface area contributed by atoms with Crippen molar-refractivity contribution in [3.05, 3.63) is 39.8 Å². The van der Waals surface area contributed by atoms with Crippen molar-refractivity contribution in [2.75, 3.05) is 26.8 Å². The largest absolute Gasteiger partial charge is 0.490 e. The van der Waals surface area contributed by atoms with Gasteiger partial charge in [0.25, 0.3) is 0 Å². The summed E-state index contributed by atoms with van der Waals surface area (Å²) in [6, 6.07) is 5.80. The lowest BCUT2D eigenvalue weighted by Crippen LogP contribution is -2.37. The predicted octanol–water partition coefficient (Wildman–Crippen LogP) is 4.49. The molecular formula is C19H26F3IN4O2S. The first kappa shape index (κ1) is 26.3. The molecule has 2 rings (SSSR count). The van der Waals surface area contributed by atoms with Gasteiger partial charge in [-0.25, -0.2) is 4.98 Å². The summed E-state index contributed by atoms with van der Waals surface area (Å²) in [5.74, 6) is 1.91. The fraction of sp³-hybridized carbons (Fsp3) is 0.474. The van der Waals surface area contributed by atoms with Gasteiger partial charge in [-0.05, 0) is 38.0 Å². The molecule has 0 aliphatic rings. The summed E-state index contributed by atoms with van der Waals surface area (Å²) in [5, 5.41) is 7.46. The van der Waals surface area contributed by atoms with Gasteiger partial charge in [-0.2, -0.15) is 13.2 Å². The van der Waals surface area contributed by atoms with Crippen molar-refractivity contribution in [1.82, 2.24) is 15.6 Å². The third kappa shape index (κ3) is 8.17. The summed E-state index contributed by atoms with van der Waals surface area (Å²) in [4.78, 5) is 7.67. The highest BCUT2D eigenvalue weighted by Gasteiger charge is 2.33. The fourth-order valence-electron chi connectivity index (χ4n) is 2.48. The molecule has 2 aromatic rings. The quantitative estimate of drug-likeness (QED) is 0.270. The molecule has 0 atom stereocenters. The number of nitrogens with one attached hydrogen (secondary N) is 2. The molecule has 6 nitrogen and oxygen atoms in total. The number of ether oxygens (including phenoxy) is 2. The van der Waals surface area contributed by atoms with Gasteiger partial charge < -0.3 is 20.1 Å². The Bertz CT molecular complexity index is 815. The highest BCUT2D eigenvalue weighted by Crippen LogP contribution is 2.30. The number of rotatable bonds is 9. The maximum Gasteiger partial charge on any atom is 0.434 e. The van der Waals surface area contributed by atoms with E-state index in [1.807, 2.05) is 32.0 Å². The highest BCUT2D eigenvalue weighted by molar-refractivity contribution is 14.0. The smallest absolute Gasteiger partial charge is 0.434 e. The molecule has 11 heteroatoms. The topological polar surface area (TPSA) is 67.8 Å². The van der Waals surface area contributed by atoms with Crippen LogP contribution < -0.4 is 20.1 Å². The Morgan fingerprint density at radius 1 is 1.13 bits per heavy atom. The lowest BCUT2D eigenvalue weighted by Gasteiger charge is -2.14. The number of halogens is 4. The number of thiazole rings is 1. The molecule has 0 aliphatic carbocycles. The van der Waals surface area contributed by atoms with Gasteiger partial charge >= 0.3 is 6.18 Å². The van der Waals surface area contributed by atoms with Crippen LogP contribution in [-0.2, 0) is 19.1 Å². The maximum atomic E-state index is 12.6. The fourth-order valence-corrected chi connectivity index (χ4v) is 3.22. The molecule has 0 saturated carbocycles. The van der Waals surface area contributed by atoms with Crippen molar-refractivity contribution in [3.63, 3.8) is 0 Å². The highest BCUT2D eigenvalue weighted by atomic mass is 127. The van der Waals surface area contributed by atoms with Crippen LogP contribution in [-0.4, -0.2) is 37.7 Å². The molecule has 0 bridgehead atoms. The van der Waals surface area contributed by atoms with Gasteiger partial charge in [-0.15, -0.1) is 35.3 Å². The molecule has 168 valence electrons. The van der Waals surface area contributed by atoms with Crippen LogP contribution >= 0.6 is 35.3 Å². The van der Waals surface area contributed by atoms with E-state index in [0.29, 0.717) is 48.6 Å². The summed E-state index contributed by atoms with van der Waals surface area (Å²) < 4.78 is 49.0. The summed E-state index contributed by atoms with van der Waals surface area (Å²) in [7, 11) is 1.60.